The SMILES string of the molecule is CCCCCC/C=C\C/C=C\CCCCCCCCCC(=O)OCCCCCCCCCCCC(=O)NC(CO)C(O)/C=C/CCCCCCCCCCCCCCCCCCCCCCC. The van der Waals surface area contributed by atoms with Crippen molar-refractivity contribution >= 4 is 11.9 Å². The van der Waals surface area contributed by atoms with E-state index in [4.69, 9.17) is 4.74 Å². The van der Waals surface area contributed by atoms with Crippen LogP contribution in [-0.2, 0) is 14.3 Å². The number of nitrogens with one attached hydrogen (secondary N) is 1. The number of carbonyl (C=O) groups excluding carboxylic acids is 2. The van der Waals surface area contributed by atoms with Crippen molar-refractivity contribution in [1.82, 2.24) is 5.32 Å². The Labute approximate surface area is 417 Å². The summed E-state index contributed by atoms with van der Waals surface area (Å²) in [6.07, 6.45) is 70.2. The van der Waals surface area contributed by atoms with E-state index >= 15 is 0 Å². The molecule has 67 heavy (non-hydrogen) atoms. The third kappa shape index (κ3) is 53.3. The predicted octanol–water partition coefficient (Wildman–Crippen LogP) is 18.4. The average Bonchev–Trinajstić information content (AvgIpc) is 3.33. The van der Waals surface area contributed by atoms with Gasteiger partial charge in [0.25, 0.3) is 0 Å². The fourth-order valence-corrected chi connectivity index (χ4v) is 9.08. The first-order valence-electron chi connectivity index (χ1n) is 29.8. The Hall–Kier alpha value is -1.92. The number of aliphatic hydroxyl groups is 2. The van der Waals surface area contributed by atoms with E-state index in [1.807, 2.05) is 6.08 Å². The van der Waals surface area contributed by atoms with Crippen LogP contribution in [0.1, 0.15) is 316 Å². The Kier molecular flexibility index (Phi) is 55.0. The summed E-state index contributed by atoms with van der Waals surface area (Å²) in [6.45, 7) is 4.84. The Morgan fingerprint density at radius 3 is 1.15 bits per heavy atom. The van der Waals surface area contributed by atoms with Crippen molar-refractivity contribution in [2.24, 2.45) is 0 Å². The number of hydrogen-bond donors (Lipinski definition) is 3. The molecule has 0 aliphatic heterocycles. The van der Waals surface area contributed by atoms with Crippen molar-refractivity contribution < 1.29 is 24.5 Å². The van der Waals surface area contributed by atoms with E-state index in [9.17, 15) is 19.8 Å². The number of aliphatic hydroxyl groups excluding tert-OH is 2. The zero-order chi connectivity index (χ0) is 48.6. The lowest BCUT2D eigenvalue weighted by Crippen LogP contribution is -2.45. The van der Waals surface area contributed by atoms with E-state index in [0.717, 1.165) is 64.2 Å². The van der Waals surface area contributed by atoms with Crippen molar-refractivity contribution in [3.8, 4) is 0 Å². The number of amides is 1. The van der Waals surface area contributed by atoms with Crippen LogP contribution in [0.25, 0.3) is 0 Å². The van der Waals surface area contributed by atoms with Gasteiger partial charge in [0.15, 0.2) is 0 Å². The van der Waals surface area contributed by atoms with Crippen molar-refractivity contribution in [2.75, 3.05) is 13.2 Å². The van der Waals surface area contributed by atoms with Crippen LogP contribution in [0.4, 0.5) is 0 Å². The number of rotatable bonds is 55. The summed E-state index contributed by atoms with van der Waals surface area (Å²) < 4.78 is 5.46. The molecular weight excluding hydrogens is 827 g/mol. The number of unbranched alkanes of at least 4 members (excludes halogenated alkanes) is 40. The molecule has 2 atom stereocenters. The molecule has 0 aliphatic carbocycles. The third-order valence-electron chi connectivity index (χ3n) is 13.7. The molecule has 0 aromatic carbocycles. The maximum atomic E-state index is 12.5. The summed E-state index contributed by atoms with van der Waals surface area (Å²) in [4.78, 5) is 24.6. The quantitative estimate of drug-likeness (QED) is 0.0321. The standard InChI is InChI=1S/C61H115NO5/c1-3-5-7-9-11-13-15-17-19-21-23-24-25-26-27-28-30-32-34-37-41-45-49-53-59(64)58(57-63)62-60(65)54-50-46-42-38-36-40-44-48-52-56-67-61(66)55-51-47-43-39-35-33-31-29-22-20-18-16-14-12-10-8-6-4-2/h14,16,20,22,49,53,58-59,63-64H,3-13,15,17-19,21,23-48,50-52,54-57H2,1-2H3,(H,62,65)/b16-14-,22-20-,53-49+. The van der Waals surface area contributed by atoms with Crippen LogP contribution in [0.2, 0.25) is 0 Å². The van der Waals surface area contributed by atoms with Gasteiger partial charge in [-0.15, -0.1) is 0 Å². The van der Waals surface area contributed by atoms with E-state index in [1.165, 1.54) is 225 Å². The van der Waals surface area contributed by atoms with Crippen LogP contribution in [-0.4, -0.2) is 47.4 Å². The van der Waals surface area contributed by atoms with Gasteiger partial charge in [0, 0.05) is 12.8 Å². The molecule has 0 bridgehead atoms. The summed E-state index contributed by atoms with van der Waals surface area (Å²) in [5, 5.41) is 23.2. The van der Waals surface area contributed by atoms with Crippen molar-refractivity contribution in [3.63, 3.8) is 0 Å². The fraction of sp³-hybridized carbons (Fsp3) is 0.869. The number of allylic oxidation sites excluding steroid dienone is 5. The van der Waals surface area contributed by atoms with E-state index < -0.39 is 12.1 Å². The van der Waals surface area contributed by atoms with Crippen molar-refractivity contribution in [1.29, 1.82) is 0 Å². The molecule has 0 spiro atoms. The van der Waals surface area contributed by atoms with Gasteiger partial charge in [0.2, 0.25) is 5.91 Å². The molecule has 394 valence electrons. The minimum absolute atomic E-state index is 0.0340. The third-order valence-corrected chi connectivity index (χ3v) is 13.7. The molecule has 0 aromatic heterocycles. The molecule has 0 saturated carbocycles. The zero-order valence-electron chi connectivity index (χ0n) is 44.9. The molecule has 0 aromatic rings. The molecule has 0 radical (unpaired) electrons. The highest BCUT2D eigenvalue weighted by Gasteiger charge is 2.18. The van der Waals surface area contributed by atoms with Gasteiger partial charge in [-0.25, -0.2) is 0 Å². The van der Waals surface area contributed by atoms with E-state index in [1.54, 1.807) is 6.08 Å². The summed E-state index contributed by atoms with van der Waals surface area (Å²) in [7, 11) is 0. The Balaban J connectivity index is 3.51. The van der Waals surface area contributed by atoms with E-state index in [2.05, 4.69) is 43.5 Å². The molecule has 0 fully saturated rings. The fourth-order valence-electron chi connectivity index (χ4n) is 9.08. The number of ether oxygens (including phenoxy) is 1. The molecule has 6 nitrogen and oxygen atoms in total. The summed E-state index contributed by atoms with van der Waals surface area (Å²) in [5.74, 6) is -0.128. The summed E-state index contributed by atoms with van der Waals surface area (Å²) >= 11 is 0. The maximum absolute atomic E-state index is 12.5. The van der Waals surface area contributed by atoms with Gasteiger partial charge in [-0.1, -0.05) is 275 Å². The molecule has 3 N–H and O–H groups in total. The van der Waals surface area contributed by atoms with Gasteiger partial charge in [0.05, 0.1) is 25.4 Å². The Morgan fingerprint density at radius 2 is 0.746 bits per heavy atom. The monoisotopic (exact) mass is 942 g/mol. The normalized spacial score (nSPS) is 12.8. The lowest BCUT2D eigenvalue weighted by atomic mass is 10.0. The molecule has 1 amide bonds. The first kappa shape index (κ1) is 65.1. The highest BCUT2D eigenvalue weighted by atomic mass is 16.5. The van der Waals surface area contributed by atoms with Crippen LogP contribution in [0.3, 0.4) is 0 Å². The van der Waals surface area contributed by atoms with Gasteiger partial charge in [0.1, 0.15) is 0 Å². The van der Waals surface area contributed by atoms with Gasteiger partial charge < -0.3 is 20.3 Å². The van der Waals surface area contributed by atoms with Crippen molar-refractivity contribution in [2.45, 2.75) is 328 Å². The van der Waals surface area contributed by atoms with Crippen LogP contribution in [0, 0.1) is 0 Å². The van der Waals surface area contributed by atoms with Gasteiger partial charge in [-0.3, -0.25) is 9.59 Å². The Bertz CT molecular complexity index is 1090. The minimum Gasteiger partial charge on any atom is -0.466 e. The second-order valence-electron chi connectivity index (χ2n) is 20.3. The van der Waals surface area contributed by atoms with Gasteiger partial charge in [-0.2, -0.15) is 0 Å². The lowest BCUT2D eigenvalue weighted by molar-refractivity contribution is -0.143. The maximum Gasteiger partial charge on any atom is 0.305 e. The van der Waals surface area contributed by atoms with Crippen LogP contribution in [0.15, 0.2) is 36.5 Å². The van der Waals surface area contributed by atoms with Crippen LogP contribution >= 0.6 is 0 Å². The average molecular weight is 943 g/mol. The topological polar surface area (TPSA) is 95.9 Å². The second-order valence-corrected chi connectivity index (χ2v) is 20.3. The minimum atomic E-state index is -0.864. The predicted molar refractivity (Wildman–Crippen MR) is 292 cm³/mol. The van der Waals surface area contributed by atoms with E-state index in [-0.39, 0.29) is 18.5 Å². The Morgan fingerprint density at radius 1 is 0.418 bits per heavy atom. The number of hydrogen-bond acceptors (Lipinski definition) is 5. The molecule has 0 rings (SSSR count). The first-order valence-corrected chi connectivity index (χ1v) is 29.8. The highest BCUT2D eigenvalue weighted by Crippen LogP contribution is 2.17. The molecular formula is C61H115NO5. The van der Waals surface area contributed by atoms with Crippen molar-refractivity contribution in [3.05, 3.63) is 36.5 Å². The molecule has 0 aliphatic rings. The second kappa shape index (κ2) is 56.7. The lowest BCUT2D eigenvalue weighted by Gasteiger charge is -2.20. The molecule has 2 unspecified atom stereocenters. The van der Waals surface area contributed by atoms with E-state index in [0.29, 0.717) is 19.4 Å². The smallest absolute Gasteiger partial charge is 0.305 e. The molecule has 0 saturated heterocycles. The van der Waals surface area contributed by atoms with Crippen LogP contribution < -0.4 is 5.32 Å². The number of esters is 1. The largest absolute Gasteiger partial charge is 0.466 e. The highest BCUT2D eigenvalue weighted by molar-refractivity contribution is 5.76. The van der Waals surface area contributed by atoms with Gasteiger partial charge >= 0.3 is 5.97 Å². The number of carbonyl (C=O) groups is 2. The van der Waals surface area contributed by atoms with Gasteiger partial charge in [-0.05, 0) is 64.2 Å². The molecule has 0 heterocycles. The zero-order valence-corrected chi connectivity index (χ0v) is 44.9. The van der Waals surface area contributed by atoms with Crippen LogP contribution in [0.5, 0.6) is 0 Å². The first-order chi connectivity index (χ1) is 33.0. The summed E-state index contributed by atoms with van der Waals surface area (Å²) in [6, 6.07) is -0.650. The molecule has 6 heteroatoms. The summed E-state index contributed by atoms with van der Waals surface area (Å²) in [5.41, 5.74) is 0.